The van der Waals surface area contributed by atoms with E-state index in [0.717, 1.165) is 18.6 Å². The smallest absolute Gasteiger partial charge is 0.253 e. The third-order valence-electron chi connectivity index (χ3n) is 4.80. The van der Waals surface area contributed by atoms with Crippen LogP contribution in [0.3, 0.4) is 0 Å². The summed E-state index contributed by atoms with van der Waals surface area (Å²) >= 11 is 7.78. The molecule has 1 aliphatic carbocycles. The van der Waals surface area contributed by atoms with Crippen LogP contribution in [0.1, 0.15) is 48.9 Å². The number of nitrogens with zero attached hydrogens (tertiary/aromatic N) is 1. The number of halogens is 1. The predicted octanol–water partition coefficient (Wildman–Crippen LogP) is 3.98. The first-order valence-corrected chi connectivity index (χ1v) is 10.6. The minimum absolute atomic E-state index is 0.00125. The molecule has 1 unspecified atom stereocenters. The van der Waals surface area contributed by atoms with Crippen molar-refractivity contribution in [3.63, 3.8) is 0 Å². The van der Waals surface area contributed by atoms with Crippen LogP contribution in [-0.4, -0.2) is 47.9 Å². The Morgan fingerprint density at radius 3 is 2.60 bits per heavy atom. The molecule has 4 nitrogen and oxygen atoms in total. The summed E-state index contributed by atoms with van der Waals surface area (Å²) in [5.41, 5.74) is 0.409. The Bertz CT molecular complexity index is 591. The van der Waals surface area contributed by atoms with Gasteiger partial charge in [-0.1, -0.05) is 43.0 Å². The van der Waals surface area contributed by atoms with E-state index < -0.39 is 6.04 Å². The summed E-state index contributed by atoms with van der Waals surface area (Å²) in [5, 5.41) is 3.30. The molecule has 1 N–H and O–H groups in total. The van der Waals surface area contributed by atoms with E-state index in [1.165, 1.54) is 19.3 Å². The number of likely N-dealkylation sites (N-methyl/N-ethyl adjacent to an activating group) is 1. The maximum Gasteiger partial charge on any atom is 0.253 e. The van der Waals surface area contributed by atoms with E-state index in [0.29, 0.717) is 17.0 Å². The van der Waals surface area contributed by atoms with Gasteiger partial charge in [0.05, 0.1) is 10.6 Å². The van der Waals surface area contributed by atoms with E-state index in [2.05, 4.69) is 5.32 Å². The molecule has 0 aliphatic heterocycles. The van der Waals surface area contributed by atoms with Gasteiger partial charge in [0.25, 0.3) is 5.91 Å². The molecule has 1 atom stereocenters. The molecular weight excluding hydrogens is 356 g/mol. The second kappa shape index (κ2) is 10.1. The lowest BCUT2D eigenvalue weighted by molar-refractivity contribution is -0.134. The van der Waals surface area contributed by atoms with E-state index in [4.69, 9.17) is 11.6 Å². The molecule has 1 fully saturated rings. The van der Waals surface area contributed by atoms with Gasteiger partial charge in [0.1, 0.15) is 6.04 Å². The zero-order valence-corrected chi connectivity index (χ0v) is 16.5. The van der Waals surface area contributed by atoms with Gasteiger partial charge in [0, 0.05) is 13.1 Å². The van der Waals surface area contributed by atoms with E-state index >= 15 is 0 Å². The summed E-state index contributed by atoms with van der Waals surface area (Å²) in [6, 6.07) is 6.69. The zero-order valence-electron chi connectivity index (χ0n) is 15.0. The van der Waals surface area contributed by atoms with Crippen LogP contribution in [0.2, 0.25) is 5.02 Å². The van der Waals surface area contributed by atoms with Crippen LogP contribution in [0.5, 0.6) is 0 Å². The summed E-state index contributed by atoms with van der Waals surface area (Å²) in [4.78, 5) is 27.4. The monoisotopic (exact) mass is 382 g/mol. The molecule has 25 heavy (non-hydrogen) atoms. The van der Waals surface area contributed by atoms with Gasteiger partial charge in [-0.15, -0.1) is 0 Å². The molecule has 0 bridgehead atoms. The Morgan fingerprint density at radius 1 is 1.28 bits per heavy atom. The Morgan fingerprint density at radius 2 is 1.96 bits per heavy atom. The van der Waals surface area contributed by atoms with Crippen molar-refractivity contribution in [3.05, 3.63) is 34.9 Å². The third-order valence-corrected chi connectivity index (χ3v) is 5.78. The predicted molar refractivity (Wildman–Crippen MR) is 105 cm³/mol. The standard InChI is InChI=1S/C19H27ClN2O2S/c1-22(14-8-4-3-5-9-14)19(24)17(12-13-25-2)21-18(23)15-10-6-7-11-16(15)20/h6-7,10-11,14,17H,3-5,8-9,12-13H2,1-2H3,(H,21,23). The van der Waals surface area contributed by atoms with E-state index in [1.807, 2.05) is 18.2 Å². The number of carbonyl (C=O) groups is 2. The Kier molecular flexibility index (Phi) is 8.10. The molecule has 0 spiro atoms. The molecule has 138 valence electrons. The quantitative estimate of drug-likeness (QED) is 0.775. The fourth-order valence-electron chi connectivity index (χ4n) is 3.27. The number of thioether (sulfide) groups is 1. The molecule has 6 heteroatoms. The summed E-state index contributed by atoms with van der Waals surface area (Å²) < 4.78 is 0. The van der Waals surface area contributed by atoms with Crippen molar-refractivity contribution >= 4 is 35.2 Å². The zero-order chi connectivity index (χ0) is 18.2. The lowest BCUT2D eigenvalue weighted by atomic mass is 9.94. The third kappa shape index (κ3) is 5.65. The molecule has 0 radical (unpaired) electrons. The largest absolute Gasteiger partial charge is 0.341 e. The first-order chi connectivity index (χ1) is 12.0. The first kappa shape index (κ1) is 20.1. The average molecular weight is 383 g/mol. The maximum atomic E-state index is 13.0. The van der Waals surface area contributed by atoms with Crippen LogP contribution >= 0.6 is 23.4 Å². The van der Waals surface area contributed by atoms with Crippen LogP contribution in [0.15, 0.2) is 24.3 Å². The molecule has 1 saturated carbocycles. The second-order valence-corrected chi connectivity index (χ2v) is 7.92. The van der Waals surface area contributed by atoms with Gasteiger partial charge in [0.15, 0.2) is 0 Å². The van der Waals surface area contributed by atoms with Crippen LogP contribution in [0.4, 0.5) is 0 Å². The molecule has 1 aromatic rings. The fourth-order valence-corrected chi connectivity index (χ4v) is 3.96. The number of nitrogens with one attached hydrogen (secondary N) is 1. The maximum absolute atomic E-state index is 13.0. The number of hydrogen-bond acceptors (Lipinski definition) is 3. The number of carbonyl (C=O) groups excluding carboxylic acids is 2. The molecule has 0 aromatic heterocycles. The topological polar surface area (TPSA) is 49.4 Å². The molecular formula is C19H27ClN2O2S. The van der Waals surface area contributed by atoms with Gasteiger partial charge in [-0.3, -0.25) is 9.59 Å². The second-order valence-electron chi connectivity index (χ2n) is 6.53. The van der Waals surface area contributed by atoms with Crippen LogP contribution < -0.4 is 5.32 Å². The highest BCUT2D eigenvalue weighted by Gasteiger charge is 2.29. The van der Waals surface area contributed by atoms with E-state index in [9.17, 15) is 9.59 Å². The number of benzene rings is 1. The van der Waals surface area contributed by atoms with Gasteiger partial charge >= 0.3 is 0 Å². The van der Waals surface area contributed by atoms with Crippen LogP contribution in [0, 0.1) is 0 Å². The summed E-state index contributed by atoms with van der Waals surface area (Å²) in [7, 11) is 1.87. The minimum Gasteiger partial charge on any atom is -0.341 e. The van der Waals surface area contributed by atoms with Crippen molar-refractivity contribution in [3.8, 4) is 0 Å². The molecule has 2 amide bonds. The van der Waals surface area contributed by atoms with Crippen molar-refractivity contribution in [2.75, 3.05) is 19.1 Å². The van der Waals surface area contributed by atoms with Crippen LogP contribution in [0.25, 0.3) is 0 Å². The van der Waals surface area contributed by atoms with E-state index in [1.54, 1.807) is 36.0 Å². The lowest BCUT2D eigenvalue weighted by Gasteiger charge is -2.34. The average Bonchev–Trinajstić information content (AvgIpc) is 2.64. The SMILES string of the molecule is CSCCC(NC(=O)c1ccccc1Cl)C(=O)N(C)C1CCCCC1. The summed E-state index contributed by atoms with van der Waals surface area (Å²) in [6.07, 6.45) is 8.31. The van der Waals surface area contributed by atoms with E-state index in [-0.39, 0.29) is 17.9 Å². The highest BCUT2D eigenvalue weighted by Crippen LogP contribution is 2.23. The Balaban J connectivity index is 2.07. The van der Waals surface area contributed by atoms with Gasteiger partial charge in [-0.25, -0.2) is 0 Å². The summed E-state index contributed by atoms with van der Waals surface area (Å²) in [5.74, 6) is 0.529. The van der Waals surface area contributed by atoms with Gasteiger partial charge < -0.3 is 10.2 Å². The molecule has 2 rings (SSSR count). The number of hydrogen-bond donors (Lipinski definition) is 1. The van der Waals surface area contributed by atoms with Crippen molar-refractivity contribution in [2.45, 2.75) is 50.6 Å². The van der Waals surface area contributed by atoms with Gasteiger partial charge in [-0.2, -0.15) is 11.8 Å². The molecule has 0 saturated heterocycles. The fraction of sp³-hybridized carbons (Fsp3) is 0.579. The van der Waals surface area contributed by atoms with Crippen molar-refractivity contribution in [1.82, 2.24) is 10.2 Å². The Hall–Kier alpha value is -1.20. The van der Waals surface area contributed by atoms with Crippen molar-refractivity contribution in [2.24, 2.45) is 0 Å². The molecule has 0 heterocycles. The normalized spacial score (nSPS) is 16.3. The van der Waals surface area contributed by atoms with Gasteiger partial charge in [-0.05, 0) is 43.4 Å². The molecule has 1 aliphatic rings. The van der Waals surface area contributed by atoms with Crippen molar-refractivity contribution < 1.29 is 9.59 Å². The first-order valence-electron chi connectivity index (χ1n) is 8.85. The number of amides is 2. The number of rotatable bonds is 7. The van der Waals surface area contributed by atoms with Gasteiger partial charge in [0.2, 0.25) is 5.91 Å². The van der Waals surface area contributed by atoms with Crippen LogP contribution in [-0.2, 0) is 4.79 Å². The molecule has 1 aromatic carbocycles. The highest BCUT2D eigenvalue weighted by molar-refractivity contribution is 7.98. The van der Waals surface area contributed by atoms with Crippen molar-refractivity contribution in [1.29, 1.82) is 0 Å². The lowest BCUT2D eigenvalue weighted by Crippen LogP contribution is -2.51. The minimum atomic E-state index is -0.511. The highest BCUT2D eigenvalue weighted by atomic mass is 35.5. The summed E-state index contributed by atoms with van der Waals surface area (Å²) in [6.45, 7) is 0. The Labute approximate surface area is 159 Å².